The molecule has 0 radical (unpaired) electrons. The van der Waals surface area contributed by atoms with Crippen LogP contribution in [0.3, 0.4) is 0 Å². The normalized spacial score (nSPS) is 11.3. The minimum atomic E-state index is -1.85. The maximum atomic E-state index is 10.7. The average Bonchev–Trinajstić information content (AvgIpc) is 3.23. The predicted octanol–water partition coefficient (Wildman–Crippen LogP) is 10.9. The first-order valence-corrected chi connectivity index (χ1v) is 22.2. The Labute approximate surface area is 427 Å². The largest absolute Gasteiger partial charge is 0.497 e. The predicted molar refractivity (Wildman–Crippen MR) is 255 cm³/mol. The lowest BCUT2D eigenvalue weighted by molar-refractivity contribution is -0.143. The number of nitrogens with zero attached hydrogens (tertiary/aromatic N) is 6. The van der Waals surface area contributed by atoms with Gasteiger partial charge in [-0.1, -0.05) is 200 Å². The van der Waals surface area contributed by atoms with E-state index in [2.05, 4.69) is 44.7 Å². The van der Waals surface area contributed by atoms with E-state index in [1.54, 1.807) is 69.5 Å². The van der Waals surface area contributed by atoms with E-state index in [-0.39, 0.29) is 60.0 Å². The fourth-order valence-electron chi connectivity index (χ4n) is 4.14. The third-order valence-corrected chi connectivity index (χ3v) is 8.90. The Kier molecular flexibility index (Phi) is 24.4. The van der Waals surface area contributed by atoms with Crippen LogP contribution < -0.4 is 15.8 Å². The summed E-state index contributed by atoms with van der Waals surface area (Å²) in [5, 5.41) is 2.61. The molecule has 3 aromatic carbocycles. The van der Waals surface area contributed by atoms with Gasteiger partial charge in [0, 0.05) is 16.7 Å². The fraction of sp³-hybridized carbons (Fsp3) is 0.289. The fourth-order valence-corrected chi connectivity index (χ4v) is 5.15. The number of nitrogens with one attached hydrogen (secondary N) is 1. The van der Waals surface area contributed by atoms with Gasteiger partial charge < -0.3 is 19.9 Å². The van der Waals surface area contributed by atoms with Gasteiger partial charge in [0.25, 0.3) is 0 Å². The molecule has 0 aliphatic heterocycles. The van der Waals surface area contributed by atoms with Gasteiger partial charge in [0.1, 0.15) is 5.75 Å². The topological polar surface area (TPSA) is 194 Å². The molecule has 0 unspecified atom stereocenters. The number of benzene rings is 3. The summed E-state index contributed by atoms with van der Waals surface area (Å²) in [4.78, 5) is 56.2. The Morgan fingerprint density at radius 3 is 1.08 bits per heavy atom. The number of rotatable bonds is 10. The van der Waals surface area contributed by atoms with Crippen LogP contribution >= 0.6 is 139 Å². The minimum Gasteiger partial charge on any atom is -0.497 e. The number of primary amides is 1. The van der Waals surface area contributed by atoms with Gasteiger partial charge in [-0.05, 0) is 38.1 Å². The smallest absolute Gasteiger partial charge is 0.319 e. The van der Waals surface area contributed by atoms with Gasteiger partial charge >= 0.3 is 11.9 Å². The second-order valence-electron chi connectivity index (χ2n) is 11.6. The molecule has 0 atom stereocenters. The zero-order valence-corrected chi connectivity index (χ0v) is 42.2. The number of carbonyl (C=O) groups is 3. The molecule has 0 aliphatic rings. The monoisotopic (exact) mass is 1120 g/mol. The van der Waals surface area contributed by atoms with E-state index in [0.29, 0.717) is 29.9 Å². The lowest BCUT2D eigenvalue weighted by atomic mass is 10.2. The number of hydrogen-bond donors (Lipinski definition) is 2. The van der Waals surface area contributed by atoms with Crippen LogP contribution in [0.25, 0.3) is 22.8 Å². The van der Waals surface area contributed by atoms with Crippen molar-refractivity contribution in [3.05, 3.63) is 114 Å². The molecular formula is C38H34Cl12N8O6. The van der Waals surface area contributed by atoms with Crippen LogP contribution in [0.4, 0.5) is 0 Å². The number of carbonyl (C=O) groups excluding carboxylic acids is 3. The molecule has 64 heavy (non-hydrogen) atoms. The molecule has 14 nitrogen and oxygen atoms in total. The summed E-state index contributed by atoms with van der Waals surface area (Å²) in [6.07, 6.45) is 0. The highest BCUT2D eigenvalue weighted by molar-refractivity contribution is 6.68. The number of methoxy groups -OCH3 is 1. The van der Waals surface area contributed by atoms with Gasteiger partial charge in [0.15, 0.2) is 34.9 Å². The van der Waals surface area contributed by atoms with Crippen LogP contribution in [0, 0.1) is 0 Å². The van der Waals surface area contributed by atoms with Crippen LogP contribution in [0.15, 0.2) is 84.9 Å². The van der Waals surface area contributed by atoms with Crippen molar-refractivity contribution in [1.29, 1.82) is 0 Å². The summed E-state index contributed by atoms with van der Waals surface area (Å²) >= 11 is 69.5. The quantitative estimate of drug-likeness (QED) is 0.0992. The lowest BCUT2D eigenvalue weighted by Gasteiger charge is -2.15. The first kappa shape index (κ1) is 57.5. The first-order valence-electron chi connectivity index (χ1n) is 17.7. The minimum absolute atomic E-state index is 0.0344. The van der Waals surface area contributed by atoms with Crippen LogP contribution in [0.1, 0.15) is 47.5 Å². The van der Waals surface area contributed by atoms with Gasteiger partial charge in [-0.25, -0.2) is 29.9 Å². The summed E-state index contributed by atoms with van der Waals surface area (Å²) in [6.45, 7) is 4.21. The van der Waals surface area contributed by atoms with Crippen LogP contribution in [-0.2, 0) is 34.2 Å². The van der Waals surface area contributed by atoms with Crippen LogP contribution in [0.2, 0.25) is 0 Å². The number of nitrogens with two attached hydrogens (primary N) is 1. The highest BCUT2D eigenvalue weighted by Gasteiger charge is 2.35. The van der Waals surface area contributed by atoms with Crippen molar-refractivity contribution >= 4 is 157 Å². The van der Waals surface area contributed by atoms with Crippen molar-refractivity contribution in [2.75, 3.05) is 33.4 Å². The summed E-state index contributed by atoms with van der Waals surface area (Å²) in [6, 6.07) is 24.7. The Hall–Kier alpha value is -2.67. The van der Waals surface area contributed by atoms with Crippen LogP contribution in [-0.4, -0.2) is 81.2 Å². The standard InChI is InChI=1S/2C11H5Cl6N3.C8H15NO4.C8H9NO2/c2*12-10(13,14)8-18-7(6-4-2-1-3-5-6)19-9(20-8)11(15,16)17;1-3-12-7(10)5-9-6-8(11)13-4-2;1-11-7-4-2-6(3-5-7)8(9)10/h2*1-5H;9H,3-6H2,1-2H3;2-5H,1H3,(H2,9,10). The molecule has 0 fully saturated rings. The first-order chi connectivity index (χ1) is 29.8. The van der Waals surface area contributed by atoms with Gasteiger partial charge in [0.05, 0.1) is 33.4 Å². The molecule has 5 rings (SSSR count). The lowest BCUT2D eigenvalue weighted by Crippen LogP contribution is -2.30. The highest BCUT2D eigenvalue weighted by atomic mass is 35.6. The van der Waals surface area contributed by atoms with E-state index in [9.17, 15) is 14.4 Å². The van der Waals surface area contributed by atoms with E-state index in [1.165, 1.54) is 0 Å². The molecule has 0 aliphatic carbocycles. The molecule has 2 aromatic heterocycles. The van der Waals surface area contributed by atoms with E-state index in [0.717, 1.165) is 5.75 Å². The van der Waals surface area contributed by atoms with Gasteiger partial charge in [-0.2, -0.15) is 0 Å². The van der Waals surface area contributed by atoms with E-state index in [1.807, 2.05) is 36.4 Å². The second kappa shape index (κ2) is 27.2. The molecule has 5 aromatic rings. The number of amides is 1. The number of ether oxygens (including phenoxy) is 3. The number of hydrogen-bond acceptors (Lipinski definition) is 13. The molecular weight excluding hydrogens is 1090 g/mol. The van der Waals surface area contributed by atoms with Gasteiger partial charge in [-0.3, -0.25) is 19.7 Å². The summed E-state index contributed by atoms with van der Waals surface area (Å²) in [7, 11) is 1.57. The maximum Gasteiger partial charge on any atom is 0.319 e. The summed E-state index contributed by atoms with van der Waals surface area (Å²) in [5.41, 5.74) is 6.88. The molecule has 0 bridgehead atoms. The number of halogens is 12. The number of aromatic nitrogens is 6. The van der Waals surface area contributed by atoms with E-state index in [4.69, 9.17) is 150 Å². The van der Waals surface area contributed by atoms with Crippen LogP contribution in [0.5, 0.6) is 5.75 Å². The van der Waals surface area contributed by atoms with Crippen molar-refractivity contribution in [1.82, 2.24) is 35.2 Å². The SMILES string of the molecule is CCOC(=O)CNCC(=O)OCC.COc1ccc(C(N)=O)cc1.ClC(Cl)(Cl)c1nc(-c2ccccc2)nc(C(Cl)(Cl)Cl)n1.ClC(Cl)(Cl)c1nc(-c2ccccc2)nc(C(Cl)(Cl)Cl)n1. The Morgan fingerprint density at radius 2 is 0.828 bits per heavy atom. The van der Waals surface area contributed by atoms with Gasteiger partial charge in [0.2, 0.25) is 21.1 Å². The maximum absolute atomic E-state index is 10.7. The Bertz CT molecular complexity index is 2050. The van der Waals surface area contributed by atoms with Crippen molar-refractivity contribution in [2.24, 2.45) is 5.73 Å². The molecule has 1 amide bonds. The second-order valence-corrected chi connectivity index (χ2v) is 20.8. The zero-order valence-electron chi connectivity index (χ0n) is 33.2. The molecule has 3 N–H and O–H groups in total. The Morgan fingerprint density at radius 1 is 0.516 bits per heavy atom. The van der Waals surface area contributed by atoms with Crippen molar-refractivity contribution < 1.29 is 28.6 Å². The van der Waals surface area contributed by atoms with E-state index < -0.39 is 21.1 Å². The summed E-state index contributed by atoms with van der Waals surface area (Å²) < 4.78 is 6.76. The van der Waals surface area contributed by atoms with E-state index >= 15 is 0 Å². The number of alkyl halides is 12. The van der Waals surface area contributed by atoms with Crippen molar-refractivity contribution in [2.45, 2.75) is 29.0 Å². The third-order valence-electron chi connectivity index (χ3n) is 6.87. The summed E-state index contributed by atoms with van der Waals surface area (Å²) in [5.74, 6) is -0.390. The Balaban J connectivity index is 0.000000303. The molecule has 2 heterocycles. The molecule has 0 saturated carbocycles. The zero-order chi connectivity index (χ0) is 48.3. The van der Waals surface area contributed by atoms with Gasteiger partial charge in [-0.15, -0.1) is 0 Å². The third kappa shape index (κ3) is 21.3. The van der Waals surface area contributed by atoms with Crippen molar-refractivity contribution in [3.63, 3.8) is 0 Å². The van der Waals surface area contributed by atoms with Crippen molar-refractivity contribution in [3.8, 4) is 28.5 Å². The molecule has 26 heteroatoms. The number of esters is 2. The average molecular weight is 1120 g/mol. The molecule has 0 spiro atoms. The highest BCUT2D eigenvalue weighted by Crippen LogP contribution is 2.42. The molecule has 0 saturated heterocycles. The molecule has 346 valence electrons.